The Bertz CT molecular complexity index is 1170. The summed E-state index contributed by atoms with van der Waals surface area (Å²) in [4.78, 5) is 19.9. The molecule has 1 N–H and O–H groups in total. The lowest BCUT2D eigenvalue weighted by atomic mass is 10.1. The molecule has 8 heteroatoms. The van der Waals surface area contributed by atoms with E-state index in [1.54, 1.807) is 28.4 Å². The molecule has 4 heterocycles. The zero-order valence-corrected chi connectivity index (χ0v) is 16.8. The summed E-state index contributed by atoms with van der Waals surface area (Å²) >= 11 is 1.64. The highest BCUT2D eigenvalue weighted by Crippen LogP contribution is 2.29. The number of rotatable bonds is 4. The minimum Gasteiger partial charge on any atom is -0.312 e. The van der Waals surface area contributed by atoms with E-state index >= 15 is 0 Å². The fraction of sp³-hybridized carbons (Fsp3) is 0.250. The zero-order valence-electron chi connectivity index (χ0n) is 15.2. The van der Waals surface area contributed by atoms with Crippen LogP contribution in [-0.2, 0) is 26.1 Å². The zero-order chi connectivity index (χ0) is 18.2. The number of nitrogens with one attached hydrogen (secondary N) is 1. The van der Waals surface area contributed by atoms with Gasteiger partial charge in [0, 0.05) is 23.8 Å². The molecule has 0 amide bonds. The van der Waals surface area contributed by atoms with Gasteiger partial charge in [0.2, 0.25) is 0 Å². The Labute approximate surface area is 172 Å². The third-order valence-corrected chi connectivity index (χ3v) is 6.19. The van der Waals surface area contributed by atoms with Crippen molar-refractivity contribution in [3.63, 3.8) is 0 Å². The number of nitrogens with zero attached hydrogens (tertiary/aromatic N) is 4. The summed E-state index contributed by atoms with van der Waals surface area (Å²) in [6.07, 6.45) is 6.30. The summed E-state index contributed by atoms with van der Waals surface area (Å²) in [5.41, 5.74) is 3.52. The van der Waals surface area contributed by atoms with Gasteiger partial charge >= 0.3 is 0 Å². The Morgan fingerprint density at radius 3 is 2.75 bits per heavy atom. The number of thiophene rings is 1. The van der Waals surface area contributed by atoms with Crippen molar-refractivity contribution in [2.75, 3.05) is 6.54 Å². The summed E-state index contributed by atoms with van der Waals surface area (Å²) in [6, 6.07) is 10.1. The molecule has 1 aromatic carbocycles. The van der Waals surface area contributed by atoms with E-state index in [1.165, 1.54) is 10.4 Å². The van der Waals surface area contributed by atoms with Gasteiger partial charge in [-0.05, 0) is 35.7 Å². The number of hydrogen-bond donors (Lipinski definition) is 1. The molecule has 4 aromatic rings. The second kappa shape index (κ2) is 7.87. The first-order valence-electron chi connectivity index (χ1n) is 9.04. The minimum absolute atomic E-state index is 0. The van der Waals surface area contributed by atoms with E-state index in [-0.39, 0.29) is 18.0 Å². The molecule has 28 heavy (non-hydrogen) atoms. The Morgan fingerprint density at radius 1 is 1.14 bits per heavy atom. The van der Waals surface area contributed by atoms with Gasteiger partial charge in [-0.25, -0.2) is 4.98 Å². The van der Waals surface area contributed by atoms with Crippen molar-refractivity contribution in [3.8, 4) is 0 Å². The van der Waals surface area contributed by atoms with Crippen LogP contribution >= 0.6 is 23.7 Å². The van der Waals surface area contributed by atoms with E-state index in [4.69, 9.17) is 0 Å². The van der Waals surface area contributed by atoms with Crippen LogP contribution in [0, 0.1) is 0 Å². The Morgan fingerprint density at radius 2 is 1.96 bits per heavy atom. The Hall–Kier alpha value is -2.48. The predicted molar refractivity (Wildman–Crippen MR) is 113 cm³/mol. The lowest BCUT2D eigenvalue weighted by Gasteiger charge is -2.13. The first-order valence-corrected chi connectivity index (χ1v) is 9.86. The molecule has 0 saturated carbocycles. The number of hydrogen-bond acceptors (Lipinski definition) is 5. The van der Waals surface area contributed by atoms with Gasteiger partial charge < -0.3 is 5.32 Å². The molecule has 144 valence electrons. The number of halogens is 1. The maximum Gasteiger partial charge on any atom is 0.262 e. The van der Waals surface area contributed by atoms with E-state index < -0.39 is 0 Å². The van der Waals surface area contributed by atoms with Crippen LogP contribution in [0.25, 0.3) is 10.2 Å². The Balaban J connectivity index is 0.00000192. The first-order chi connectivity index (χ1) is 13.3. The van der Waals surface area contributed by atoms with E-state index in [2.05, 4.69) is 27.5 Å². The fourth-order valence-electron chi connectivity index (χ4n) is 3.68. The van der Waals surface area contributed by atoms with Crippen LogP contribution in [0.15, 0.2) is 53.8 Å². The molecule has 1 aliphatic rings. The van der Waals surface area contributed by atoms with Crippen molar-refractivity contribution in [2.45, 2.75) is 26.1 Å². The molecule has 0 aliphatic carbocycles. The lowest BCUT2D eigenvalue weighted by Crippen LogP contribution is -2.25. The molecule has 0 fully saturated rings. The van der Waals surface area contributed by atoms with E-state index in [0.717, 1.165) is 40.9 Å². The van der Waals surface area contributed by atoms with Crippen molar-refractivity contribution in [3.05, 3.63) is 81.0 Å². The summed E-state index contributed by atoms with van der Waals surface area (Å²) in [7, 11) is 0. The van der Waals surface area contributed by atoms with Crippen molar-refractivity contribution >= 4 is 34.0 Å². The van der Waals surface area contributed by atoms with Gasteiger partial charge in [-0.15, -0.1) is 23.7 Å². The first kappa shape index (κ1) is 18.9. The lowest BCUT2D eigenvalue weighted by molar-refractivity contribution is 0.655. The van der Waals surface area contributed by atoms with Gasteiger partial charge in [0.05, 0.1) is 24.8 Å². The number of aromatic nitrogens is 4. The second-order valence-corrected chi connectivity index (χ2v) is 7.84. The Kier molecular flexibility index (Phi) is 5.30. The van der Waals surface area contributed by atoms with Crippen molar-refractivity contribution in [2.24, 2.45) is 0 Å². The fourth-order valence-corrected chi connectivity index (χ4v) is 4.83. The third kappa shape index (κ3) is 3.37. The highest BCUT2D eigenvalue weighted by Gasteiger charge is 2.20. The standard InChI is InChI=1S/C20H19N5OS.ClH/c26-20-18-16-6-8-21-10-17(16)27-19(18)22-13-24(20)11-14-4-1-2-5-15(14)12-25-9-3-7-23-25;/h1-5,7,9,13,21H,6,8,10-12H2;1H. The molecule has 3 aromatic heterocycles. The molecule has 0 saturated heterocycles. The van der Waals surface area contributed by atoms with Crippen LogP contribution in [0.1, 0.15) is 21.6 Å². The largest absolute Gasteiger partial charge is 0.312 e. The minimum atomic E-state index is 0. The van der Waals surface area contributed by atoms with Gasteiger partial charge in [0.15, 0.2) is 0 Å². The maximum atomic E-state index is 13.2. The van der Waals surface area contributed by atoms with E-state index in [9.17, 15) is 4.79 Å². The van der Waals surface area contributed by atoms with Crippen molar-refractivity contribution in [1.29, 1.82) is 0 Å². The topological polar surface area (TPSA) is 64.7 Å². The predicted octanol–water partition coefficient (Wildman–Crippen LogP) is 2.82. The molecular formula is C20H20ClN5OS. The molecule has 0 bridgehead atoms. The normalized spacial score (nSPS) is 13.3. The maximum absolute atomic E-state index is 13.2. The van der Waals surface area contributed by atoms with Gasteiger partial charge in [0.25, 0.3) is 5.56 Å². The number of benzene rings is 1. The summed E-state index contributed by atoms with van der Waals surface area (Å²) in [6.45, 7) is 2.96. The van der Waals surface area contributed by atoms with Gasteiger partial charge in [0.1, 0.15) is 4.83 Å². The van der Waals surface area contributed by atoms with Crippen LogP contribution in [-0.4, -0.2) is 25.9 Å². The van der Waals surface area contributed by atoms with Crippen LogP contribution < -0.4 is 10.9 Å². The molecule has 0 unspecified atom stereocenters. The highest BCUT2D eigenvalue weighted by atomic mass is 35.5. The van der Waals surface area contributed by atoms with Gasteiger partial charge in [-0.3, -0.25) is 14.0 Å². The summed E-state index contributed by atoms with van der Waals surface area (Å²) in [5, 5.41) is 8.47. The second-order valence-electron chi connectivity index (χ2n) is 6.76. The summed E-state index contributed by atoms with van der Waals surface area (Å²) < 4.78 is 3.63. The molecule has 6 nitrogen and oxygen atoms in total. The molecule has 0 radical (unpaired) electrons. The van der Waals surface area contributed by atoms with Gasteiger partial charge in [-0.2, -0.15) is 5.10 Å². The average molecular weight is 414 g/mol. The monoisotopic (exact) mass is 413 g/mol. The smallest absolute Gasteiger partial charge is 0.262 e. The van der Waals surface area contributed by atoms with E-state index in [1.807, 2.05) is 29.1 Å². The summed E-state index contributed by atoms with van der Waals surface area (Å²) in [5.74, 6) is 0. The van der Waals surface area contributed by atoms with Crippen LogP contribution in [0.3, 0.4) is 0 Å². The van der Waals surface area contributed by atoms with Crippen LogP contribution in [0.5, 0.6) is 0 Å². The van der Waals surface area contributed by atoms with E-state index in [0.29, 0.717) is 13.1 Å². The van der Waals surface area contributed by atoms with Gasteiger partial charge in [-0.1, -0.05) is 24.3 Å². The SMILES string of the molecule is Cl.O=c1c2c3c(sc2ncn1Cc1ccccc1Cn1cccn1)CNCC3. The number of fused-ring (bicyclic) bond motifs is 3. The van der Waals surface area contributed by atoms with Crippen LogP contribution in [0.2, 0.25) is 0 Å². The molecule has 5 rings (SSSR count). The highest BCUT2D eigenvalue weighted by molar-refractivity contribution is 7.18. The third-order valence-electron chi connectivity index (χ3n) is 5.05. The molecule has 0 spiro atoms. The van der Waals surface area contributed by atoms with Crippen molar-refractivity contribution in [1.82, 2.24) is 24.6 Å². The molecular weight excluding hydrogens is 394 g/mol. The average Bonchev–Trinajstić information content (AvgIpc) is 3.33. The van der Waals surface area contributed by atoms with Crippen molar-refractivity contribution < 1.29 is 0 Å². The molecule has 1 aliphatic heterocycles. The quantitative estimate of drug-likeness (QED) is 0.558. The van der Waals surface area contributed by atoms with Crippen LogP contribution in [0.4, 0.5) is 0 Å². The molecule has 0 atom stereocenters.